The van der Waals surface area contributed by atoms with Gasteiger partial charge in [-0.15, -0.1) is 0 Å². The van der Waals surface area contributed by atoms with Crippen molar-refractivity contribution in [2.24, 2.45) is 11.7 Å². The highest BCUT2D eigenvalue weighted by molar-refractivity contribution is 5.88. The van der Waals surface area contributed by atoms with Crippen molar-refractivity contribution in [1.29, 1.82) is 0 Å². The van der Waals surface area contributed by atoms with Crippen molar-refractivity contribution in [2.45, 2.75) is 60.3 Å². The van der Waals surface area contributed by atoms with Crippen LogP contribution < -0.4 is 5.73 Å². The third-order valence-electron chi connectivity index (χ3n) is 2.74. The van der Waals surface area contributed by atoms with Gasteiger partial charge in [-0.25, -0.2) is 0 Å². The molecule has 2 nitrogen and oxygen atoms in total. The third-order valence-corrected chi connectivity index (χ3v) is 2.74. The molecular weight excluding hydrogens is 174 g/mol. The maximum atomic E-state index is 11.0. The van der Waals surface area contributed by atoms with Crippen LogP contribution in [0.2, 0.25) is 0 Å². The second-order valence-electron chi connectivity index (χ2n) is 3.74. The van der Waals surface area contributed by atoms with E-state index in [-0.39, 0.29) is 20.8 Å². The fraction of sp³-hybridized carbons (Fsp3) is 0.833. The molecule has 1 rings (SSSR count). The van der Waals surface area contributed by atoms with E-state index in [0.717, 1.165) is 25.2 Å². The van der Waals surface area contributed by atoms with E-state index in [9.17, 15) is 4.79 Å². The van der Waals surface area contributed by atoms with Gasteiger partial charge >= 0.3 is 0 Å². The Morgan fingerprint density at radius 2 is 1.79 bits per heavy atom. The van der Waals surface area contributed by atoms with E-state index < -0.39 is 0 Å². The quantitative estimate of drug-likeness (QED) is 0.693. The van der Waals surface area contributed by atoms with E-state index in [1.807, 2.05) is 0 Å². The Morgan fingerprint density at radius 1 is 1.21 bits per heavy atom. The second-order valence-corrected chi connectivity index (χ2v) is 3.74. The monoisotopic (exact) mass is 200 g/mol. The SMILES string of the molecule is C.C.CC1CCCCCC[C]1C(N)=O. The lowest BCUT2D eigenvalue weighted by Gasteiger charge is -2.22. The predicted octanol–water partition coefficient (Wildman–Crippen LogP) is 3.31. The summed E-state index contributed by atoms with van der Waals surface area (Å²) in [5, 5.41) is 0. The molecule has 0 heterocycles. The Morgan fingerprint density at radius 3 is 2.36 bits per heavy atom. The zero-order valence-electron chi connectivity index (χ0n) is 7.81. The molecule has 0 aromatic rings. The number of carbonyl (C=O) groups is 1. The lowest BCUT2D eigenvalue weighted by molar-refractivity contribution is -0.117. The first-order valence-electron chi connectivity index (χ1n) is 4.87. The number of primary amides is 1. The summed E-state index contributed by atoms with van der Waals surface area (Å²) in [6.07, 6.45) is 7.02. The maximum absolute atomic E-state index is 11.0. The Balaban J connectivity index is 0. The number of rotatable bonds is 1. The van der Waals surface area contributed by atoms with Crippen molar-refractivity contribution in [2.75, 3.05) is 0 Å². The lowest BCUT2D eigenvalue weighted by atomic mass is 9.82. The zero-order valence-corrected chi connectivity index (χ0v) is 7.81. The third kappa shape index (κ3) is 4.64. The minimum Gasteiger partial charge on any atom is -0.369 e. The van der Waals surface area contributed by atoms with E-state index in [0.29, 0.717) is 5.92 Å². The largest absolute Gasteiger partial charge is 0.369 e. The van der Waals surface area contributed by atoms with Gasteiger partial charge in [-0.1, -0.05) is 47.5 Å². The summed E-state index contributed by atoms with van der Waals surface area (Å²) in [5.74, 6) is 1.21. The van der Waals surface area contributed by atoms with E-state index in [2.05, 4.69) is 6.92 Å². The zero-order chi connectivity index (χ0) is 8.97. The summed E-state index contributed by atoms with van der Waals surface area (Å²) >= 11 is 0. The van der Waals surface area contributed by atoms with E-state index in [1.165, 1.54) is 19.3 Å². The fourth-order valence-corrected chi connectivity index (χ4v) is 1.91. The molecule has 1 unspecified atom stereocenters. The average molecular weight is 200 g/mol. The molecule has 0 aliphatic heterocycles. The lowest BCUT2D eigenvalue weighted by Crippen LogP contribution is -2.27. The molecule has 1 radical (unpaired) electrons. The number of nitrogens with two attached hydrogens (primary N) is 1. The first-order chi connectivity index (χ1) is 5.72. The maximum Gasteiger partial charge on any atom is 0.225 e. The van der Waals surface area contributed by atoms with Crippen LogP contribution in [0.15, 0.2) is 0 Å². The van der Waals surface area contributed by atoms with Crippen LogP contribution in [-0.4, -0.2) is 5.91 Å². The van der Waals surface area contributed by atoms with E-state index in [4.69, 9.17) is 5.73 Å². The number of hydrogen-bond donors (Lipinski definition) is 1. The molecule has 1 saturated carbocycles. The first-order valence-corrected chi connectivity index (χ1v) is 4.87. The van der Waals surface area contributed by atoms with Crippen molar-refractivity contribution in [3.63, 3.8) is 0 Å². The standard InChI is InChI=1S/C10H18NO.2CH4/c1-8-6-4-2-3-5-7-9(8)10(11)12;;/h8H,2-7H2,1H3,(H2,11,12);2*1H4. The fourth-order valence-electron chi connectivity index (χ4n) is 1.91. The van der Waals surface area contributed by atoms with Gasteiger partial charge in [0.25, 0.3) is 0 Å². The Kier molecular flexibility index (Phi) is 8.91. The molecule has 1 aliphatic rings. The molecule has 85 valence electrons. The van der Waals surface area contributed by atoms with Crippen molar-refractivity contribution in [3.8, 4) is 0 Å². The number of carbonyl (C=O) groups excluding carboxylic acids is 1. The van der Waals surface area contributed by atoms with Crippen LogP contribution in [0.4, 0.5) is 0 Å². The highest BCUT2D eigenvalue weighted by atomic mass is 16.1. The summed E-state index contributed by atoms with van der Waals surface area (Å²) in [6, 6.07) is 0. The van der Waals surface area contributed by atoms with E-state index in [1.54, 1.807) is 0 Å². The summed E-state index contributed by atoms with van der Waals surface area (Å²) in [6.45, 7) is 2.12. The molecule has 1 aliphatic carbocycles. The topological polar surface area (TPSA) is 43.1 Å². The minimum atomic E-state index is -0.176. The van der Waals surface area contributed by atoms with Crippen LogP contribution in [0.5, 0.6) is 0 Å². The van der Waals surface area contributed by atoms with Gasteiger partial charge in [0.15, 0.2) is 0 Å². The van der Waals surface area contributed by atoms with Crippen molar-refractivity contribution < 1.29 is 4.79 Å². The van der Waals surface area contributed by atoms with Crippen LogP contribution in [0, 0.1) is 11.8 Å². The highest BCUT2D eigenvalue weighted by Crippen LogP contribution is 2.28. The smallest absolute Gasteiger partial charge is 0.225 e. The molecule has 0 aromatic heterocycles. The summed E-state index contributed by atoms with van der Waals surface area (Å²) in [4.78, 5) is 11.0. The van der Waals surface area contributed by atoms with Gasteiger partial charge in [0.1, 0.15) is 0 Å². The molecular formula is C12H26NO. The Bertz CT molecular complexity index is 156. The molecule has 0 spiro atoms. The molecule has 2 heteroatoms. The van der Waals surface area contributed by atoms with Crippen molar-refractivity contribution in [3.05, 3.63) is 5.92 Å². The summed E-state index contributed by atoms with van der Waals surface area (Å²) < 4.78 is 0. The Hall–Kier alpha value is -0.530. The van der Waals surface area contributed by atoms with Gasteiger partial charge in [-0.2, -0.15) is 0 Å². The summed E-state index contributed by atoms with van der Waals surface area (Å²) in [5.41, 5.74) is 5.30. The van der Waals surface area contributed by atoms with Crippen LogP contribution in [-0.2, 0) is 4.79 Å². The second kappa shape index (κ2) is 7.84. The molecule has 1 amide bonds. The molecule has 0 aromatic carbocycles. The van der Waals surface area contributed by atoms with Gasteiger partial charge in [-0.05, 0) is 18.8 Å². The molecule has 0 saturated heterocycles. The number of amides is 1. The summed E-state index contributed by atoms with van der Waals surface area (Å²) in [7, 11) is 0. The van der Waals surface area contributed by atoms with Gasteiger partial charge in [0, 0.05) is 0 Å². The highest BCUT2D eigenvalue weighted by Gasteiger charge is 2.23. The molecule has 14 heavy (non-hydrogen) atoms. The van der Waals surface area contributed by atoms with Crippen LogP contribution >= 0.6 is 0 Å². The molecule has 0 bridgehead atoms. The van der Waals surface area contributed by atoms with Gasteiger partial charge in [0.2, 0.25) is 5.91 Å². The van der Waals surface area contributed by atoms with Crippen molar-refractivity contribution >= 4 is 5.91 Å². The van der Waals surface area contributed by atoms with Gasteiger partial charge < -0.3 is 5.73 Å². The van der Waals surface area contributed by atoms with Crippen LogP contribution in [0.1, 0.15) is 60.3 Å². The molecule has 2 N–H and O–H groups in total. The average Bonchev–Trinajstić information content (AvgIpc) is 1.96. The normalized spacial score (nSPS) is 23.6. The van der Waals surface area contributed by atoms with Crippen LogP contribution in [0.25, 0.3) is 0 Å². The minimum absolute atomic E-state index is 0. The predicted molar refractivity (Wildman–Crippen MR) is 62.8 cm³/mol. The molecule has 1 fully saturated rings. The van der Waals surface area contributed by atoms with Crippen LogP contribution in [0.3, 0.4) is 0 Å². The van der Waals surface area contributed by atoms with Gasteiger partial charge in [-0.3, -0.25) is 4.79 Å². The molecule has 1 atom stereocenters. The van der Waals surface area contributed by atoms with Gasteiger partial charge in [0.05, 0.1) is 5.92 Å². The van der Waals surface area contributed by atoms with Crippen molar-refractivity contribution in [1.82, 2.24) is 0 Å². The first kappa shape index (κ1) is 15.9. The number of hydrogen-bond acceptors (Lipinski definition) is 1. The Labute approximate surface area is 89.3 Å². The van der Waals surface area contributed by atoms with E-state index >= 15 is 0 Å².